The van der Waals surface area contributed by atoms with E-state index in [1.54, 1.807) is 0 Å². The average molecular weight is 266 g/mol. The molecular weight excluding hydrogens is 251 g/mol. The minimum atomic E-state index is -0.597. The van der Waals surface area contributed by atoms with E-state index in [0.29, 0.717) is 12.6 Å². The second-order valence-electron chi connectivity index (χ2n) is 4.56. The predicted molar refractivity (Wildman–Crippen MR) is 68.7 cm³/mol. The van der Waals surface area contributed by atoms with E-state index < -0.39 is 10.7 Å². The zero-order valence-corrected chi connectivity index (χ0v) is 10.4. The lowest BCUT2D eigenvalue weighted by Gasteiger charge is -2.09. The van der Waals surface area contributed by atoms with Gasteiger partial charge in [-0.2, -0.15) is 0 Å². The van der Waals surface area contributed by atoms with E-state index in [1.165, 1.54) is 12.8 Å². The molecule has 0 aliphatic heterocycles. The van der Waals surface area contributed by atoms with Crippen LogP contribution in [0.25, 0.3) is 0 Å². The van der Waals surface area contributed by atoms with Crippen LogP contribution in [0.2, 0.25) is 0 Å². The highest BCUT2D eigenvalue weighted by molar-refractivity contribution is 5.46. The molecule has 0 atom stereocenters. The van der Waals surface area contributed by atoms with Gasteiger partial charge in [0, 0.05) is 24.7 Å². The fourth-order valence-electron chi connectivity index (χ4n) is 1.56. The van der Waals surface area contributed by atoms with Gasteiger partial charge in [0.15, 0.2) is 5.75 Å². The molecule has 0 amide bonds. The van der Waals surface area contributed by atoms with Gasteiger partial charge in [-0.1, -0.05) is 6.58 Å². The number of rotatable bonds is 7. The van der Waals surface area contributed by atoms with E-state index in [4.69, 9.17) is 4.74 Å². The third kappa shape index (κ3) is 4.03. The standard InChI is InChI=1S/C13H15FN2O3/c1-9(7-15-11-3-4-11)8-19-13-6-10(14)2-5-12(13)16(17)18/h2,5-6,11,15H,1,3-4,7-8H2. The number of hydrogen-bond acceptors (Lipinski definition) is 4. The Labute approximate surface area is 110 Å². The third-order valence-corrected chi connectivity index (χ3v) is 2.77. The van der Waals surface area contributed by atoms with Crippen LogP contribution < -0.4 is 10.1 Å². The first-order chi connectivity index (χ1) is 9.06. The van der Waals surface area contributed by atoms with Crippen molar-refractivity contribution in [2.75, 3.05) is 13.2 Å². The van der Waals surface area contributed by atoms with Crippen LogP contribution in [0.4, 0.5) is 10.1 Å². The van der Waals surface area contributed by atoms with Crippen LogP contribution in [0.15, 0.2) is 30.4 Å². The lowest BCUT2D eigenvalue weighted by molar-refractivity contribution is -0.385. The molecule has 0 bridgehead atoms. The number of benzene rings is 1. The Morgan fingerprint density at radius 2 is 2.32 bits per heavy atom. The highest BCUT2D eigenvalue weighted by Gasteiger charge is 2.20. The van der Waals surface area contributed by atoms with Crippen LogP contribution in [0.3, 0.4) is 0 Å². The molecule has 0 aromatic heterocycles. The number of nitrogens with one attached hydrogen (secondary N) is 1. The van der Waals surface area contributed by atoms with Crippen LogP contribution in [-0.2, 0) is 0 Å². The number of nitro benzene ring substituents is 1. The quantitative estimate of drug-likeness (QED) is 0.467. The summed E-state index contributed by atoms with van der Waals surface area (Å²) in [5.74, 6) is -0.639. The molecule has 1 fully saturated rings. The molecule has 19 heavy (non-hydrogen) atoms. The zero-order chi connectivity index (χ0) is 13.8. The second kappa shape index (κ2) is 5.79. The number of ether oxygens (including phenoxy) is 1. The van der Waals surface area contributed by atoms with Gasteiger partial charge in [0.1, 0.15) is 12.4 Å². The highest BCUT2D eigenvalue weighted by atomic mass is 19.1. The number of halogens is 1. The van der Waals surface area contributed by atoms with Crippen molar-refractivity contribution in [2.45, 2.75) is 18.9 Å². The summed E-state index contributed by atoms with van der Waals surface area (Å²) in [4.78, 5) is 10.2. The van der Waals surface area contributed by atoms with Gasteiger partial charge in [0.25, 0.3) is 0 Å². The molecule has 0 heterocycles. The average Bonchev–Trinajstić information content (AvgIpc) is 3.17. The SMILES string of the molecule is C=C(CNC1CC1)COc1cc(F)ccc1[N+](=O)[O-]. The molecule has 1 aromatic rings. The van der Waals surface area contributed by atoms with Gasteiger partial charge in [0.05, 0.1) is 4.92 Å². The Kier molecular flexibility index (Phi) is 4.11. The van der Waals surface area contributed by atoms with Crippen LogP contribution in [-0.4, -0.2) is 24.1 Å². The van der Waals surface area contributed by atoms with Crippen LogP contribution in [0.5, 0.6) is 5.75 Å². The van der Waals surface area contributed by atoms with Crippen molar-refractivity contribution in [3.8, 4) is 5.75 Å². The van der Waals surface area contributed by atoms with Gasteiger partial charge in [-0.25, -0.2) is 4.39 Å². The number of hydrogen-bond donors (Lipinski definition) is 1. The summed E-state index contributed by atoms with van der Waals surface area (Å²) < 4.78 is 18.3. The molecule has 0 unspecified atom stereocenters. The maximum absolute atomic E-state index is 13.1. The smallest absolute Gasteiger partial charge is 0.311 e. The summed E-state index contributed by atoms with van der Waals surface area (Å²) in [6, 6.07) is 3.70. The molecule has 1 N–H and O–H groups in total. The Bertz CT molecular complexity index is 501. The Morgan fingerprint density at radius 1 is 1.58 bits per heavy atom. The molecule has 0 saturated heterocycles. The van der Waals surface area contributed by atoms with E-state index in [2.05, 4.69) is 11.9 Å². The van der Waals surface area contributed by atoms with Crippen molar-refractivity contribution in [3.63, 3.8) is 0 Å². The lowest BCUT2D eigenvalue weighted by atomic mass is 10.3. The number of nitrogens with zero attached hydrogens (tertiary/aromatic N) is 1. The van der Waals surface area contributed by atoms with Gasteiger partial charge >= 0.3 is 5.69 Å². The van der Waals surface area contributed by atoms with Gasteiger partial charge in [-0.3, -0.25) is 10.1 Å². The lowest BCUT2D eigenvalue weighted by Crippen LogP contribution is -2.21. The molecular formula is C13H15FN2O3. The molecule has 6 heteroatoms. The van der Waals surface area contributed by atoms with Crippen molar-refractivity contribution in [2.24, 2.45) is 0 Å². The fourth-order valence-corrected chi connectivity index (χ4v) is 1.56. The summed E-state index contributed by atoms with van der Waals surface area (Å²) >= 11 is 0. The normalized spacial score (nSPS) is 14.2. The Balaban J connectivity index is 1.91. The summed E-state index contributed by atoms with van der Waals surface area (Å²) in [7, 11) is 0. The Hall–Kier alpha value is -1.95. The monoisotopic (exact) mass is 266 g/mol. The van der Waals surface area contributed by atoms with Gasteiger partial charge in [-0.05, 0) is 24.5 Å². The number of nitro groups is 1. The molecule has 0 spiro atoms. The van der Waals surface area contributed by atoms with Gasteiger partial charge < -0.3 is 10.1 Å². The first-order valence-electron chi connectivity index (χ1n) is 6.03. The van der Waals surface area contributed by atoms with Crippen molar-refractivity contribution in [1.82, 2.24) is 5.32 Å². The van der Waals surface area contributed by atoms with Crippen molar-refractivity contribution >= 4 is 5.69 Å². The molecule has 1 aliphatic carbocycles. The Morgan fingerprint density at radius 3 is 2.95 bits per heavy atom. The molecule has 1 aromatic carbocycles. The van der Waals surface area contributed by atoms with Gasteiger partial charge in [0.2, 0.25) is 0 Å². The zero-order valence-electron chi connectivity index (χ0n) is 10.4. The van der Waals surface area contributed by atoms with E-state index in [0.717, 1.165) is 23.8 Å². The van der Waals surface area contributed by atoms with Crippen LogP contribution in [0, 0.1) is 15.9 Å². The molecule has 2 rings (SSSR count). The van der Waals surface area contributed by atoms with E-state index in [-0.39, 0.29) is 18.0 Å². The van der Waals surface area contributed by atoms with Crippen molar-refractivity contribution in [3.05, 3.63) is 46.3 Å². The maximum atomic E-state index is 13.1. The summed E-state index contributed by atoms with van der Waals surface area (Å²) in [6.45, 7) is 4.55. The minimum Gasteiger partial charge on any atom is -0.482 e. The molecule has 102 valence electrons. The minimum absolute atomic E-state index is 0.0717. The maximum Gasteiger partial charge on any atom is 0.311 e. The first kappa shape index (κ1) is 13.5. The topological polar surface area (TPSA) is 64.4 Å². The largest absolute Gasteiger partial charge is 0.482 e. The van der Waals surface area contributed by atoms with E-state index in [9.17, 15) is 14.5 Å². The molecule has 0 radical (unpaired) electrons. The molecule has 1 saturated carbocycles. The van der Waals surface area contributed by atoms with Crippen molar-refractivity contribution in [1.29, 1.82) is 0 Å². The van der Waals surface area contributed by atoms with E-state index >= 15 is 0 Å². The predicted octanol–water partition coefficient (Wildman–Crippen LogP) is 2.42. The molecule has 1 aliphatic rings. The first-order valence-corrected chi connectivity index (χ1v) is 6.03. The van der Waals surface area contributed by atoms with Crippen LogP contribution in [0.1, 0.15) is 12.8 Å². The van der Waals surface area contributed by atoms with Crippen LogP contribution >= 0.6 is 0 Å². The van der Waals surface area contributed by atoms with E-state index in [1.807, 2.05) is 0 Å². The second-order valence-corrected chi connectivity index (χ2v) is 4.56. The fraction of sp³-hybridized carbons (Fsp3) is 0.385. The summed E-state index contributed by atoms with van der Waals surface area (Å²) in [5, 5.41) is 14.0. The van der Waals surface area contributed by atoms with Crippen molar-refractivity contribution < 1.29 is 14.1 Å². The summed E-state index contributed by atoms with van der Waals surface area (Å²) in [5.41, 5.74) is 0.523. The highest BCUT2D eigenvalue weighted by Crippen LogP contribution is 2.27. The third-order valence-electron chi connectivity index (χ3n) is 2.77. The van der Waals surface area contributed by atoms with Gasteiger partial charge in [-0.15, -0.1) is 0 Å². The molecule has 5 nitrogen and oxygen atoms in total. The summed E-state index contributed by atoms with van der Waals surface area (Å²) in [6.07, 6.45) is 2.34.